The molecule has 0 bridgehead atoms. The molecule has 8 heteroatoms. The van der Waals surface area contributed by atoms with Crippen LogP contribution in [-0.4, -0.2) is 49.5 Å². The van der Waals surface area contributed by atoms with Crippen molar-refractivity contribution in [2.75, 3.05) is 17.1 Å². The molecule has 180 valence electrons. The van der Waals surface area contributed by atoms with E-state index in [1.165, 1.54) is 4.90 Å². The quantitative estimate of drug-likeness (QED) is 0.604. The van der Waals surface area contributed by atoms with Crippen LogP contribution in [0.4, 0.5) is 5.69 Å². The molecule has 0 aliphatic carbocycles. The normalized spacial score (nSPS) is 12.7. The van der Waals surface area contributed by atoms with Gasteiger partial charge in [-0.3, -0.25) is 13.9 Å². The molecule has 33 heavy (non-hydrogen) atoms. The molecule has 0 spiro atoms. The van der Waals surface area contributed by atoms with Gasteiger partial charge in [-0.25, -0.2) is 8.42 Å². The minimum atomic E-state index is -3.73. The number of carbonyl (C=O) groups excluding carboxylic acids is 2. The third kappa shape index (κ3) is 7.89. The van der Waals surface area contributed by atoms with E-state index in [-0.39, 0.29) is 12.5 Å². The molecule has 2 rings (SSSR count). The molecule has 1 atom stereocenters. The molecule has 0 saturated carbocycles. The number of amides is 2. The fraction of sp³-hybridized carbons (Fsp3) is 0.440. The number of anilines is 1. The minimum absolute atomic E-state index is 0.196. The average molecular weight is 474 g/mol. The molecule has 0 aromatic heterocycles. The van der Waals surface area contributed by atoms with Gasteiger partial charge in [0.1, 0.15) is 12.6 Å². The number of benzene rings is 2. The maximum atomic E-state index is 13.6. The fourth-order valence-corrected chi connectivity index (χ4v) is 4.33. The molecule has 0 aliphatic rings. The lowest BCUT2D eigenvalue weighted by Gasteiger charge is -2.34. The van der Waals surface area contributed by atoms with E-state index in [1.54, 1.807) is 24.3 Å². The van der Waals surface area contributed by atoms with Crippen LogP contribution in [0, 0.1) is 6.92 Å². The molecule has 0 aliphatic heterocycles. The van der Waals surface area contributed by atoms with Crippen LogP contribution in [0.15, 0.2) is 54.6 Å². The highest BCUT2D eigenvalue weighted by Gasteiger charge is 2.32. The van der Waals surface area contributed by atoms with Crippen molar-refractivity contribution in [2.24, 2.45) is 0 Å². The van der Waals surface area contributed by atoms with E-state index in [4.69, 9.17) is 0 Å². The van der Waals surface area contributed by atoms with Gasteiger partial charge in [0.2, 0.25) is 21.8 Å². The highest BCUT2D eigenvalue weighted by Crippen LogP contribution is 2.20. The Morgan fingerprint density at radius 3 is 2.06 bits per heavy atom. The lowest BCUT2D eigenvalue weighted by atomic mass is 10.1. The first-order chi connectivity index (χ1) is 15.3. The fourth-order valence-electron chi connectivity index (χ4n) is 3.48. The Morgan fingerprint density at radius 1 is 1.00 bits per heavy atom. The zero-order chi connectivity index (χ0) is 24.8. The van der Waals surface area contributed by atoms with Gasteiger partial charge in [-0.15, -0.1) is 0 Å². The predicted molar refractivity (Wildman–Crippen MR) is 132 cm³/mol. The molecular weight excluding hydrogens is 438 g/mol. The van der Waals surface area contributed by atoms with Crippen LogP contribution in [0.25, 0.3) is 0 Å². The van der Waals surface area contributed by atoms with Crippen LogP contribution < -0.4 is 9.62 Å². The summed E-state index contributed by atoms with van der Waals surface area (Å²) in [7, 11) is -3.73. The first-order valence-electron chi connectivity index (χ1n) is 11.0. The second kappa shape index (κ2) is 10.8. The van der Waals surface area contributed by atoms with Gasteiger partial charge in [0, 0.05) is 12.1 Å². The largest absolute Gasteiger partial charge is 0.350 e. The van der Waals surface area contributed by atoms with E-state index in [0.29, 0.717) is 12.1 Å². The van der Waals surface area contributed by atoms with E-state index >= 15 is 0 Å². The topological polar surface area (TPSA) is 86.8 Å². The van der Waals surface area contributed by atoms with Gasteiger partial charge >= 0.3 is 0 Å². The number of nitrogens with one attached hydrogen (secondary N) is 1. The Labute approximate surface area is 197 Å². The number of hydrogen-bond donors (Lipinski definition) is 1. The molecule has 0 fully saturated rings. The molecule has 2 amide bonds. The van der Waals surface area contributed by atoms with Crippen molar-refractivity contribution < 1.29 is 18.0 Å². The second-order valence-electron chi connectivity index (χ2n) is 9.28. The van der Waals surface area contributed by atoms with Crippen molar-refractivity contribution in [3.05, 3.63) is 65.7 Å². The highest BCUT2D eigenvalue weighted by atomic mass is 32.2. The maximum absolute atomic E-state index is 13.6. The lowest BCUT2D eigenvalue weighted by molar-refractivity contribution is -0.141. The Morgan fingerprint density at radius 2 is 1.58 bits per heavy atom. The summed E-state index contributed by atoms with van der Waals surface area (Å²) in [5.41, 5.74) is 1.78. The minimum Gasteiger partial charge on any atom is -0.350 e. The predicted octanol–water partition coefficient (Wildman–Crippen LogP) is 3.48. The van der Waals surface area contributed by atoms with Crippen molar-refractivity contribution in [3.8, 4) is 0 Å². The molecule has 1 N–H and O–H groups in total. The van der Waals surface area contributed by atoms with Crippen LogP contribution in [0.3, 0.4) is 0 Å². The van der Waals surface area contributed by atoms with E-state index in [0.717, 1.165) is 21.7 Å². The molecule has 0 heterocycles. The van der Waals surface area contributed by atoms with Crippen molar-refractivity contribution in [2.45, 2.75) is 59.2 Å². The van der Waals surface area contributed by atoms with Crippen LogP contribution in [0.5, 0.6) is 0 Å². The van der Waals surface area contributed by atoms with Gasteiger partial charge in [0.15, 0.2) is 0 Å². The van der Waals surface area contributed by atoms with Crippen LogP contribution in [0.2, 0.25) is 0 Å². The monoisotopic (exact) mass is 473 g/mol. The third-order valence-corrected chi connectivity index (χ3v) is 6.22. The van der Waals surface area contributed by atoms with Crippen LogP contribution >= 0.6 is 0 Å². The van der Waals surface area contributed by atoms with Crippen molar-refractivity contribution in [3.63, 3.8) is 0 Å². The number of nitrogens with zero attached hydrogens (tertiary/aromatic N) is 2. The van der Waals surface area contributed by atoms with Crippen LogP contribution in [-0.2, 0) is 26.2 Å². The smallest absolute Gasteiger partial charge is 0.244 e. The zero-order valence-electron chi connectivity index (χ0n) is 20.3. The summed E-state index contributed by atoms with van der Waals surface area (Å²) in [4.78, 5) is 28.1. The first kappa shape index (κ1) is 26.4. The summed E-state index contributed by atoms with van der Waals surface area (Å²) in [6, 6.07) is 15.6. The average Bonchev–Trinajstić information content (AvgIpc) is 2.71. The summed E-state index contributed by atoms with van der Waals surface area (Å²) in [6.45, 7) is 9.18. The molecule has 2 aromatic rings. The second-order valence-corrected chi connectivity index (χ2v) is 11.2. The Hall–Kier alpha value is -2.87. The maximum Gasteiger partial charge on any atom is 0.244 e. The van der Waals surface area contributed by atoms with Gasteiger partial charge in [0.05, 0.1) is 11.9 Å². The standard InChI is InChI=1S/C25H35N3O4S/c1-7-22(24(30)26-25(3,4)5)27(17-20-11-9-8-10-12-20)23(29)18-28(33(6,31)32)21-15-13-19(2)14-16-21/h8-16,22H,7,17-18H2,1-6H3,(H,26,30)/t22-/m0/s1. The number of rotatable bonds is 9. The summed E-state index contributed by atoms with van der Waals surface area (Å²) < 4.78 is 26.2. The summed E-state index contributed by atoms with van der Waals surface area (Å²) in [6.07, 6.45) is 1.47. The van der Waals surface area contributed by atoms with Gasteiger partial charge in [-0.2, -0.15) is 0 Å². The molecular formula is C25H35N3O4S. The summed E-state index contributed by atoms with van der Waals surface area (Å²) in [5.74, 6) is -0.712. The summed E-state index contributed by atoms with van der Waals surface area (Å²) in [5, 5.41) is 2.95. The third-order valence-electron chi connectivity index (χ3n) is 5.08. The Kier molecular flexibility index (Phi) is 8.66. The molecule has 0 saturated heterocycles. The SMILES string of the molecule is CC[C@@H](C(=O)NC(C)(C)C)N(Cc1ccccc1)C(=O)CN(c1ccc(C)cc1)S(C)(=O)=O. The van der Waals surface area contributed by atoms with Gasteiger partial charge in [0.25, 0.3) is 0 Å². The van der Waals surface area contributed by atoms with Gasteiger partial charge in [-0.05, 0) is 51.8 Å². The highest BCUT2D eigenvalue weighted by molar-refractivity contribution is 7.92. The van der Waals surface area contributed by atoms with Crippen molar-refractivity contribution in [1.29, 1.82) is 0 Å². The number of hydrogen-bond acceptors (Lipinski definition) is 4. The molecule has 7 nitrogen and oxygen atoms in total. The van der Waals surface area contributed by atoms with Crippen molar-refractivity contribution >= 4 is 27.5 Å². The van der Waals surface area contributed by atoms with E-state index < -0.39 is 34.1 Å². The molecule has 2 aromatic carbocycles. The van der Waals surface area contributed by atoms with Gasteiger partial charge < -0.3 is 10.2 Å². The number of sulfonamides is 1. The zero-order valence-corrected chi connectivity index (χ0v) is 21.1. The Bertz CT molecular complexity index is 1050. The number of carbonyl (C=O) groups is 2. The Balaban J connectivity index is 2.42. The van der Waals surface area contributed by atoms with Gasteiger partial charge in [-0.1, -0.05) is 55.0 Å². The summed E-state index contributed by atoms with van der Waals surface area (Å²) >= 11 is 0. The van der Waals surface area contributed by atoms with E-state index in [1.807, 2.05) is 65.0 Å². The first-order valence-corrected chi connectivity index (χ1v) is 12.9. The lowest BCUT2D eigenvalue weighted by Crippen LogP contribution is -2.55. The molecule has 0 radical (unpaired) electrons. The van der Waals surface area contributed by atoms with E-state index in [9.17, 15) is 18.0 Å². The number of aryl methyl sites for hydroxylation is 1. The molecule has 0 unspecified atom stereocenters. The van der Waals surface area contributed by atoms with Crippen molar-refractivity contribution in [1.82, 2.24) is 10.2 Å². The van der Waals surface area contributed by atoms with Crippen LogP contribution in [0.1, 0.15) is 45.2 Å². The van der Waals surface area contributed by atoms with E-state index in [2.05, 4.69) is 5.32 Å².